The van der Waals surface area contributed by atoms with Crippen molar-refractivity contribution < 1.29 is 13.6 Å². The molecule has 0 N–H and O–H groups in total. The van der Waals surface area contributed by atoms with Gasteiger partial charge in [-0.1, -0.05) is 24.6 Å². The van der Waals surface area contributed by atoms with Crippen LogP contribution in [0.2, 0.25) is 0 Å². The Morgan fingerprint density at radius 2 is 2.05 bits per heavy atom. The molecule has 0 unspecified atom stereocenters. The van der Waals surface area contributed by atoms with Gasteiger partial charge in [-0.2, -0.15) is 0 Å². The van der Waals surface area contributed by atoms with Crippen molar-refractivity contribution in [2.75, 3.05) is 13.1 Å². The molecule has 118 valence electrons. The van der Waals surface area contributed by atoms with Crippen molar-refractivity contribution in [3.05, 3.63) is 18.4 Å². The number of furan rings is 1. The van der Waals surface area contributed by atoms with E-state index >= 15 is 0 Å². The monoisotopic (exact) mass is 321 g/mol. The molecular weight excluding hydrogens is 302 g/mol. The van der Waals surface area contributed by atoms with Gasteiger partial charge < -0.3 is 13.7 Å². The van der Waals surface area contributed by atoms with Gasteiger partial charge in [0.15, 0.2) is 5.76 Å². The van der Waals surface area contributed by atoms with Crippen LogP contribution in [0.3, 0.4) is 0 Å². The maximum atomic E-state index is 12.5. The van der Waals surface area contributed by atoms with Crippen LogP contribution in [-0.2, 0) is 4.79 Å². The van der Waals surface area contributed by atoms with Crippen LogP contribution in [-0.4, -0.2) is 39.3 Å². The van der Waals surface area contributed by atoms with Crippen LogP contribution in [0.15, 0.2) is 32.5 Å². The second-order valence-electron chi connectivity index (χ2n) is 5.35. The SMILES string of the molecule is C[C@H](Sc1nnc(-c2ccco2)o1)C(=O)N1CCCCCC1. The third-order valence-electron chi connectivity index (χ3n) is 3.68. The zero-order valence-corrected chi connectivity index (χ0v) is 13.3. The van der Waals surface area contributed by atoms with Crippen LogP contribution in [0.4, 0.5) is 0 Å². The van der Waals surface area contributed by atoms with Crippen LogP contribution < -0.4 is 0 Å². The molecule has 2 aromatic rings. The molecule has 1 saturated heterocycles. The Morgan fingerprint density at radius 3 is 2.73 bits per heavy atom. The Morgan fingerprint density at radius 1 is 1.27 bits per heavy atom. The summed E-state index contributed by atoms with van der Waals surface area (Å²) in [5.74, 6) is 1.01. The minimum absolute atomic E-state index is 0.143. The van der Waals surface area contributed by atoms with Gasteiger partial charge in [0.25, 0.3) is 11.1 Å². The molecule has 6 nitrogen and oxygen atoms in total. The van der Waals surface area contributed by atoms with Gasteiger partial charge >= 0.3 is 0 Å². The minimum Gasteiger partial charge on any atom is -0.459 e. The predicted molar refractivity (Wildman–Crippen MR) is 82.4 cm³/mol. The van der Waals surface area contributed by atoms with Gasteiger partial charge in [-0.15, -0.1) is 10.2 Å². The quantitative estimate of drug-likeness (QED) is 0.805. The van der Waals surface area contributed by atoms with Gasteiger partial charge in [0.05, 0.1) is 11.5 Å². The molecule has 0 radical (unpaired) electrons. The number of carbonyl (C=O) groups excluding carboxylic acids is 1. The third kappa shape index (κ3) is 3.52. The van der Waals surface area contributed by atoms with Gasteiger partial charge in [-0.05, 0) is 31.9 Å². The maximum Gasteiger partial charge on any atom is 0.284 e. The first kappa shape index (κ1) is 15.1. The first-order chi connectivity index (χ1) is 10.7. The number of carbonyl (C=O) groups is 1. The highest BCUT2D eigenvalue weighted by Gasteiger charge is 2.24. The highest BCUT2D eigenvalue weighted by Crippen LogP contribution is 2.27. The van der Waals surface area contributed by atoms with Crippen molar-refractivity contribution in [1.29, 1.82) is 0 Å². The van der Waals surface area contributed by atoms with Gasteiger partial charge in [0.1, 0.15) is 0 Å². The zero-order chi connectivity index (χ0) is 15.4. The average Bonchev–Trinajstić information content (AvgIpc) is 3.13. The lowest BCUT2D eigenvalue weighted by Gasteiger charge is -2.23. The average molecular weight is 321 g/mol. The summed E-state index contributed by atoms with van der Waals surface area (Å²) in [7, 11) is 0. The second-order valence-corrected chi connectivity index (χ2v) is 6.64. The molecule has 22 heavy (non-hydrogen) atoms. The highest BCUT2D eigenvalue weighted by molar-refractivity contribution is 8.00. The summed E-state index contributed by atoms with van der Waals surface area (Å²) in [5, 5.41) is 8.07. The lowest BCUT2D eigenvalue weighted by Crippen LogP contribution is -2.37. The van der Waals surface area contributed by atoms with Gasteiger partial charge in [-0.25, -0.2) is 0 Å². The number of nitrogens with zero attached hydrogens (tertiary/aromatic N) is 3. The first-order valence-corrected chi connectivity index (χ1v) is 8.45. The molecule has 0 aromatic carbocycles. The van der Waals surface area contributed by atoms with Gasteiger partial charge in [0, 0.05) is 13.1 Å². The van der Waals surface area contributed by atoms with E-state index in [4.69, 9.17) is 8.83 Å². The van der Waals surface area contributed by atoms with E-state index in [9.17, 15) is 4.79 Å². The van der Waals surface area contributed by atoms with E-state index < -0.39 is 0 Å². The van der Waals surface area contributed by atoms with Crippen molar-refractivity contribution in [2.45, 2.75) is 43.1 Å². The number of hydrogen-bond donors (Lipinski definition) is 0. The molecule has 2 aromatic heterocycles. The van der Waals surface area contributed by atoms with E-state index in [0.717, 1.165) is 25.9 Å². The maximum absolute atomic E-state index is 12.5. The van der Waals surface area contributed by atoms with Crippen molar-refractivity contribution in [2.24, 2.45) is 0 Å². The van der Waals surface area contributed by atoms with E-state index in [1.165, 1.54) is 24.6 Å². The summed E-state index contributed by atoms with van der Waals surface area (Å²) in [6.07, 6.45) is 6.15. The summed E-state index contributed by atoms with van der Waals surface area (Å²) >= 11 is 1.30. The fourth-order valence-electron chi connectivity index (χ4n) is 2.51. The normalized spacial score (nSPS) is 17.2. The summed E-state index contributed by atoms with van der Waals surface area (Å²) < 4.78 is 10.8. The summed E-state index contributed by atoms with van der Waals surface area (Å²) in [4.78, 5) is 14.4. The Hall–Kier alpha value is -1.76. The molecule has 0 saturated carbocycles. The van der Waals surface area contributed by atoms with Crippen molar-refractivity contribution in [3.8, 4) is 11.7 Å². The van der Waals surface area contributed by atoms with Crippen molar-refractivity contribution >= 4 is 17.7 Å². The molecule has 3 heterocycles. The molecule has 1 amide bonds. The van der Waals surface area contributed by atoms with E-state index in [1.54, 1.807) is 18.4 Å². The van der Waals surface area contributed by atoms with E-state index in [2.05, 4.69) is 10.2 Å². The van der Waals surface area contributed by atoms with Gasteiger partial charge in [0.2, 0.25) is 5.91 Å². The highest BCUT2D eigenvalue weighted by atomic mass is 32.2. The molecule has 0 aliphatic carbocycles. The van der Waals surface area contributed by atoms with Crippen molar-refractivity contribution in [3.63, 3.8) is 0 Å². The smallest absolute Gasteiger partial charge is 0.284 e. The minimum atomic E-state index is -0.233. The molecule has 0 bridgehead atoms. The third-order valence-corrected chi connectivity index (χ3v) is 4.60. The lowest BCUT2D eigenvalue weighted by molar-refractivity contribution is -0.130. The van der Waals surface area contributed by atoms with E-state index in [0.29, 0.717) is 16.9 Å². The van der Waals surface area contributed by atoms with Crippen LogP contribution in [0, 0.1) is 0 Å². The van der Waals surface area contributed by atoms with E-state index in [-0.39, 0.29) is 11.2 Å². The number of aromatic nitrogens is 2. The number of likely N-dealkylation sites (tertiary alicyclic amines) is 1. The number of thioether (sulfide) groups is 1. The second kappa shape index (κ2) is 7.00. The fraction of sp³-hybridized carbons (Fsp3) is 0.533. The van der Waals surface area contributed by atoms with Crippen molar-refractivity contribution in [1.82, 2.24) is 15.1 Å². The number of amides is 1. The van der Waals surface area contributed by atoms with Crippen LogP contribution in [0.1, 0.15) is 32.6 Å². The van der Waals surface area contributed by atoms with Crippen LogP contribution in [0.5, 0.6) is 0 Å². The molecule has 1 aliphatic heterocycles. The predicted octanol–water partition coefficient (Wildman–Crippen LogP) is 3.21. The Kier molecular flexibility index (Phi) is 4.82. The number of hydrogen-bond acceptors (Lipinski definition) is 6. The zero-order valence-electron chi connectivity index (χ0n) is 12.5. The molecular formula is C15H19N3O3S. The first-order valence-electron chi connectivity index (χ1n) is 7.57. The summed E-state index contributed by atoms with van der Waals surface area (Å²) in [5.41, 5.74) is 0. The molecule has 3 rings (SSSR count). The standard InChI is InChI=1S/C15H19N3O3S/c1-11(14(19)18-8-4-2-3-5-9-18)22-15-17-16-13(21-15)12-7-6-10-20-12/h6-7,10-11H,2-5,8-9H2,1H3/t11-/m0/s1. The van der Waals surface area contributed by atoms with E-state index in [1.807, 2.05) is 11.8 Å². The fourth-order valence-corrected chi connectivity index (χ4v) is 3.27. The van der Waals surface area contributed by atoms with Gasteiger partial charge in [-0.3, -0.25) is 4.79 Å². The number of rotatable bonds is 4. The molecule has 7 heteroatoms. The Balaban J connectivity index is 1.61. The largest absolute Gasteiger partial charge is 0.459 e. The van der Waals surface area contributed by atoms with Crippen LogP contribution in [0.25, 0.3) is 11.7 Å². The Labute approximate surface area is 133 Å². The molecule has 0 spiro atoms. The molecule has 1 atom stereocenters. The lowest BCUT2D eigenvalue weighted by atomic mass is 10.2. The topological polar surface area (TPSA) is 72.4 Å². The van der Waals surface area contributed by atoms with Crippen LogP contribution >= 0.6 is 11.8 Å². The Bertz CT molecular complexity index is 603. The molecule has 1 aliphatic rings. The molecule has 1 fully saturated rings. The summed E-state index contributed by atoms with van der Waals surface area (Å²) in [6.45, 7) is 3.59. The summed E-state index contributed by atoms with van der Waals surface area (Å²) in [6, 6.07) is 3.52.